The maximum absolute atomic E-state index is 11.9. The Morgan fingerprint density at radius 2 is 2.21 bits per heavy atom. The van der Waals surface area contributed by atoms with E-state index in [2.05, 4.69) is 28.8 Å². The van der Waals surface area contributed by atoms with Crippen molar-refractivity contribution in [2.45, 2.75) is 20.3 Å². The average molecular weight is 377 g/mol. The highest BCUT2D eigenvalue weighted by molar-refractivity contribution is 5.84. The van der Waals surface area contributed by atoms with Crippen LogP contribution in [0.3, 0.4) is 0 Å². The van der Waals surface area contributed by atoms with Crippen LogP contribution in [0.25, 0.3) is 17.0 Å². The third kappa shape index (κ3) is 4.37. The Hall–Kier alpha value is -3.61. The zero-order chi connectivity index (χ0) is 20.1. The molecule has 0 unspecified atom stereocenters. The maximum atomic E-state index is 11.9. The molecule has 7 nitrogen and oxygen atoms in total. The number of nitrogens with zero attached hydrogens (tertiary/aromatic N) is 3. The number of imidazole rings is 1. The Kier molecular flexibility index (Phi) is 5.74. The van der Waals surface area contributed by atoms with Gasteiger partial charge in [0.15, 0.2) is 0 Å². The number of benzene rings is 1. The van der Waals surface area contributed by atoms with Crippen LogP contribution in [-0.4, -0.2) is 27.1 Å². The standard InChI is InChI=1S/C21H23N5O2/c1-4-6-14(3)13-28-21(27)24-17-10-23-20-25-19(12-26(20)11-17)18-9-16(22)8-7-15(18)5-2/h4,6-12H,3,5,13,22H2,1-2H3,(H,24,27). The fraction of sp³-hybridized carbons (Fsp3) is 0.190. The number of ether oxygens (including phenoxy) is 1. The first-order chi connectivity index (χ1) is 13.5. The third-order valence-corrected chi connectivity index (χ3v) is 4.14. The molecule has 1 amide bonds. The molecule has 2 aromatic heterocycles. The number of hydrogen-bond donors (Lipinski definition) is 2. The summed E-state index contributed by atoms with van der Waals surface area (Å²) in [4.78, 5) is 20.8. The van der Waals surface area contributed by atoms with Gasteiger partial charge in [0.05, 0.1) is 17.6 Å². The van der Waals surface area contributed by atoms with Crippen LogP contribution >= 0.6 is 0 Å². The number of nitrogen functional groups attached to an aromatic ring is 1. The predicted molar refractivity (Wildman–Crippen MR) is 111 cm³/mol. The summed E-state index contributed by atoms with van der Waals surface area (Å²) in [5, 5.41) is 2.65. The van der Waals surface area contributed by atoms with Crippen LogP contribution in [0.5, 0.6) is 0 Å². The Balaban J connectivity index is 1.79. The van der Waals surface area contributed by atoms with E-state index in [0.29, 0.717) is 22.7 Å². The molecule has 3 rings (SSSR count). The number of anilines is 2. The van der Waals surface area contributed by atoms with Crippen LogP contribution in [0.15, 0.2) is 61.1 Å². The molecule has 0 radical (unpaired) electrons. The summed E-state index contributed by atoms with van der Waals surface area (Å²) >= 11 is 0. The number of aryl methyl sites for hydroxylation is 1. The minimum absolute atomic E-state index is 0.121. The van der Waals surface area contributed by atoms with Crippen molar-refractivity contribution < 1.29 is 9.53 Å². The lowest BCUT2D eigenvalue weighted by Gasteiger charge is -2.07. The second-order valence-electron chi connectivity index (χ2n) is 6.31. The van der Waals surface area contributed by atoms with E-state index in [4.69, 9.17) is 10.5 Å². The van der Waals surface area contributed by atoms with Crippen molar-refractivity contribution in [3.05, 3.63) is 66.7 Å². The van der Waals surface area contributed by atoms with Crippen LogP contribution in [0, 0.1) is 0 Å². The predicted octanol–water partition coefficient (Wildman–Crippen LogP) is 4.22. The fourth-order valence-electron chi connectivity index (χ4n) is 2.82. The highest BCUT2D eigenvalue weighted by Gasteiger charge is 2.11. The first-order valence-electron chi connectivity index (χ1n) is 8.98. The van der Waals surface area contributed by atoms with Gasteiger partial charge >= 0.3 is 6.09 Å². The van der Waals surface area contributed by atoms with Crippen LogP contribution < -0.4 is 11.1 Å². The van der Waals surface area contributed by atoms with E-state index in [1.165, 1.54) is 6.20 Å². The topological polar surface area (TPSA) is 94.5 Å². The number of allylic oxidation sites excluding steroid dienone is 1. The molecular formula is C21H23N5O2. The lowest BCUT2D eigenvalue weighted by Crippen LogP contribution is -2.15. The number of hydrogen-bond acceptors (Lipinski definition) is 5. The van der Waals surface area contributed by atoms with Crippen molar-refractivity contribution in [3.63, 3.8) is 0 Å². The van der Waals surface area contributed by atoms with Gasteiger partial charge in [-0.25, -0.2) is 14.8 Å². The van der Waals surface area contributed by atoms with Gasteiger partial charge in [0.25, 0.3) is 0 Å². The summed E-state index contributed by atoms with van der Waals surface area (Å²) in [6, 6.07) is 5.80. The van der Waals surface area contributed by atoms with Gasteiger partial charge in [0, 0.05) is 23.6 Å². The molecule has 0 saturated heterocycles. The van der Waals surface area contributed by atoms with Crippen molar-refractivity contribution in [1.29, 1.82) is 0 Å². The van der Waals surface area contributed by atoms with Gasteiger partial charge < -0.3 is 10.5 Å². The van der Waals surface area contributed by atoms with Gasteiger partial charge in [-0.3, -0.25) is 9.72 Å². The maximum Gasteiger partial charge on any atom is 0.412 e. The van der Waals surface area contributed by atoms with Crippen molar-refractivity contribution in [3.8, 4) is 11.3 Å². The molecule has 3 aromatic rings. The van der Waals surface area contributed by atoms with Crippen LogP contribution in [0.4, 0.5) is 16.2 Å². The largest absolute Gasteiger partial charge is 0.444 e. The van der Waals surface area contributed by atoms with Crippen molar-refractivity contribution in [2.75, 3.05) is 17.7 Å². The molecule has 0 aliphatic carbocycles. The molecule has 3 N–H and O–H groups in total. The molecule has 0 fully saturated rings. The zero-order valence-corrected chi connectivity index (χ0v) is 16.0. The molecule has 1 aromatic carbocycles. The lowest BCUT2D eigenvalue weighted by molar-refractivity contribution is 0.172. The van der Waals surface area contributed by atoms with Gasteiger partial charge in [-0.2, -0.15) is 0 Å². The highest BCUT2D eigenvalue weighted by Crippen LogP contribution is 2.26. The summed E-state index contributed by atoms with van der Waals surface area (Å²) in [6.45, 7) is 7.87. The number of aromatic nitrogens is 3. The minimum atomic E-state index is -0.573. The molecule has 0 aliphatic heterocycles. The number of carbonyl (C=O) groups excluding carboxylic acids is 1. The van der Waals surface area contributed by atoms with E-state index in [0.717, 1.165) is 23.2 Å². The molecule has 0 saturated carbocycles. The molecular weight excluding hydrogens is 354 g/mol. The Morgan fingerprint density at radius 3 is 2.96 bits per heavy atom. The first-order valence-corrected chi connectivity index (χ1v) is 8.98. The molecule has 28 heavy (non-hydrogen) atoms. The van der Waals surface area contributed by atoms with Gasteiger partial charge in [-0.15, -0.1) is 0 Å². The Bertz CT molecular complexity index is 1050. The second-order valence-corrected chi connectivity index (χ2v) is 6.31. The van der Waals surface area contributed by atoms with Crippen LogP contribution in [-0.2, 0) is 11.2 Å². The van der Waals surface area contributed by atoms with E-state index in [1.54, 1.807) is 16.7 Å². The number of nitrogens with two attached hydrogens (primary N) is 1. The summed E-state index contributed by atoms with van der Waals surface area (Å²) in [7, 11) is 0. The zero-order valence-electron chi connectivity index (χ0n) is 16.0. The highest BCUT2D eigenvalue weighted by atomic mass is 16.5. The number of amides is 1. The van der Waals surface area contributed by atoms with Crippen LogP contribution in [0.1, 0.15) is 19.4 Å². The Labute approximate surface area is 163 Å². The van der Waals surface area contributed by atoms with E-state index < -0.39 is 6.09 Å². The smallest absolute Gasteiger partial charge is 0.412 e. The van der Waals surface area contributed by atoms with E-state index in [1.807, 2.05) is 37.4 Å². The van der Waals surface area contributed by atoms with Gasteiger partial charge in [0.1, 0.15) is 6.61 Å². The SMILES string of the molecule is C=C(C=CC)COC(=O)Nc1cnc2nc(-c3cc(N)ccc3CC)cn2c1. The Morgan fingerprint density at radius 1 is 1.39 bits per heavy atom. The quantitative estimate of drug-likeness (QED) is 0.495. The molecule has 144 valence electrons. The van der Waals surface area contributed by atoms with Crippen molar-refractivity contribution in [2.24, 2.45) is 0 Å². The number of carbonyl (C=O) groups is 1. The van der Waals surface area contributed by atoms with Gasteiger partial charge in [0.2, 0.25) is 5.78 Å². The first kappa shape index (κ1) is 19.2. The summed E-state index contributed by atoms with van der Waals surface area (Å²) < 4.78 is 6.88. The normalized spacial score (nSPS) is 11.1. The minimum Gasteiger partial charge on any atom is -0.444 e. The number of rotatable bonds is 6. The van der Waals surface area contributed by atoms with Crippen molar-refractivity contribution >= 4 is 23.2 Å². The van der Waals surface area contributed by atoms with Gasteiger partial charge in [-0.1, -0.05) is 31.7 Å². The van der Waals surface area contributed by atoms with E-state index in [-0.39, 0.29) is 6.61 Å². The van der Waals surface area contributed by atoms with E-state index in [9.17, 15) is 4.79 Å². The monoisotopic (exact) mass is 377 g/mol. The fourth-order valence-corrected chi connectivity index (χ4v) is 2.82. The number of nitrogens with one attached hydrogen (secondary N) is 1. The number of fused-ring (bicyclic) bond motifs is 1. The van der Waals surface area contributed by atoms with E-state index >= 15 is 0 Å². The second kappa shape index (κ2) is 8.39. The molecule has 0 spiro atoms. The summed E-state index contributed by atoms with van der Waals surface area (Å²) in [6.07, 6.45) is 9.05. The summed E-state index contributed by atoms with van der Waals surface area (Å²) in [5.74, 6) is 0.528. The van der Waals surface area contributed by atoms with Crippen LogP contribution in [0.2, 0.25) is 0 Å². The van der Waals surface area contributed by atoms with Crippen molar-refractivity contribution in [1.82, 2.24) is 14.4 Å². The molecule has 2 heterocycles. The lowest BCUT2D eigenvalue weighted by atomic mass is 10.0. The van der Waals surface area contributed by atoms with Gasteiger partial charge in [-0.05, 0) is 36.6 Å². The molecule has 7 heteroatoms. The average Bonchev–Trinajstić information content (AvgIpc) is 3.10. The third-order valence-electron chi connectivity index (χ3n) is 4.14. The molecule has 0 atom stereocenters. The summed E-state index contributed by atoms with van der Waals surface area (Å²) in [5.41, 5.74) is 10.7. The molecule has 0 bridgehead atoms. The molecule has 0 aliphatic rings.